The molecular formula is C28H26N6O2S. The summed E-state index contributed by atoms with van der Waals surface area (Å²) in [4.78, 5) is 36.8. The number of nitrogens with zero attached hydrogens (tertiary/aromatic N) is 5. The van der Waals surface area contributed by atoms with E-state index in [-0.39, 0.29) is 23.7 Å². The molecule has 2 atom stereocenters. The van der Waals surface area contributed by atoms with E-state index in [0.29, 0.717) is 25.2 Å². The van der Waals surface area contributed by atoms with Gasteiger partial charge in [-0.2, -0.15) is 10.2 Å². The molecule has 2 amide bonds. The number of piperidine rings is 1. The van der Waals surface area contributed by atoms with E-state index in [1.54, 1.807) is 5.38 Å². The zero-order chi connectivity index (χ0) is 25.2. The topological polar surface area (TPSA) is 99.4 Å². The number of carbonyl (C=O) groups is 2. The lowest BCUT2D eigenvalue weighted by Crippen LogP contribution is -2.38. The predicted molar refractivity (Wildman–Crippen MR) is 143 cm³/mol. The molecule has 2 unspecified atom stereocenters. The number of rotatable bonds is 6. The van der Waals surface area contributed by atoms with E-state index in [1.165, 1.54) is 11.3 Å². The monoisotopic (exact) mass is 510 g/mol. The Hall–Kier alpha value is -3.98. The second-order valence-corrected chi connectivity index (χ2v) is 10.3. The van der Waals surface area contributed by atoms with Gasteiger partial charge in [0.05, 0.1) is 16.4 Å². The Kier molecular flexibility index (Phi) is 6.44. The van der Waals surface area contributed by atoms with Gasteiger partial charge in [0, 0.05) is 48.5 Å². The summed E-state index contributed by atoms with van der Waals surface area (Å²) >= 11 is 1.51. The van der Waals surface area contributed by atoms with Gasteiger partial charge < -0.3 is 10.2 Å². The number of hydrogen-bond acceptors (Lipinski definition) is 7. The van der Waals surface area contributed by atoms with Crippen LogP contribution in [0.1, 0.15) is 57.7 Å². The highest BCUT2D eigenvalue weighted by atomic mass is 32.1. The Morgan fingerprint density at radius 2 is 1.81 bits per heavy atom. The van der Waals surface area contributed by atoms with E-state index < -0.39 is 6.17 Å². The first kappa shape index (κ1) is 23.4. The molecule has 1 fully saturated rings. The van der Waals surface area contributed by atoms with Gasteiger partial charge in [0.2, 0.25) is 5.91 Å². The number of thiazole rings is 1. The van der Waals surface area contributed by atoms with E-state index in [4.69, 9.17) is 0 Å². The summed E-state index contributed by atoms with van der Waals surface area (Å²) in [6.45, 7) is 1.40. The van der Waals surface area contributed by atoms with Crippen LogP contribution in [0.5, 0.6) is 0 Å². The molecule has 6 rings (SSSR count). The number of para-hydroxylation sites is 1. The van der Waals surface area contributed by atoms with Crippen LogP contribution < -0.4 is 5.32 Å². The molecule has 0 saturated carbocycles. The molecule has 186 valence electrons. The molecule has 8 nitrogen and oxygen atoms in total. The zero-order valence-corrected chi connectivity index (χ0v) is 21.0. The van der Waals surface area contributed by atoms with Crippen molar-refractivity contribution >= 4 is 40.8 Å². The van der Waals surface area contributed by atoms with Crippen molar-refractivity contribution in [3.8, 4) is 0 Å². The first-order valence-electron chi connectivity index (χ1n) is 12.5. The molecule has 9 heteroatoms. The fourth-order valence-corrected chi connectivity index (χ4v) is 5.96. The molecule has 0 radical (unpaired) electrons. The lowest BCUT2D eigenvalue weighted by atomic mass is 9.94. The fourth-order valence-electron chi connectivity index (χ4n) is 4.99. The number of fused-ring (bicyclic) bond motifs is 1. The summed E-state index contributed by atoms with van der Waals surface area (Å²) in [5.41, 5.74) is 4.20. The number of amides is 2. The summed E-state index contributed by atoms with van der Waals surface area (Å²) in [6.07, 6.45) is 5.36. The molecule has 3 aliphatic heterocycles. The van der Waals surface area contributed by atoms with Crippen molar-refractivity contribution in [1.29, 1.82) is 0 Å². The van der Waals surface area contributed by atoms with E-state index in [2.05, 4.69) is 31.6 Å². The molecule has 0 bridgehead atoms. The molecule has 3 aliphatic rings. The van der Waals surface area contributed by atoms with Crippen molar-refractivity contribution in [2.75, 3.05) is 13.1 Å². The summed E-state index contributed by atoms with van der Waals surface area (Å²) < 4.78 is 0. The van der Waals surface area contributed by atoms with Crippen molar-refractivity contribution in [1.82, 2.24) is 15.2 Å². The minimum Gasteiger partial charge on any atom is -0.343 e. The van der Waals surface area contributed by atoms with E-state index in [1.807, 2.05) is 65.7 Å². The van der Waals surface area contributed by atoms with Crippen LogP contribution >= 0.6 is 11.3 Å². The van der Waals surface area contributed by atoms with E-state index in [0.717, 1.165) is 40.4 Å². The number of benzene rings is 2. The molecule has 0 spiro atoms. The van der Waals surface area contributed by atoms with Gasteiger partial charge in [-0.25, -0.2) is 4.98 Å². The number of aromatic nitrogens is 1. The van der Waals surface area contributed by atoms with Crippen LogP contribution in [0.3, 0.4) is 0 Å². The van der Waals surface area contributed by atoms with Crippen LogP contribution in [0, 0.1) is 0 Å². The third-order valence-corrected chi connectivity index (χ3v) is 8.04. The first-order chi connectivity index (χ1) is 18.1. The van der Waals surface area contributed by atoms with Gasteiger partial charge in [-0.1, -0.05) is 48.5 Å². The maximum atomic E-state index is 13.0. The summed E-state index contributed by atoms with van der Waals surface area (Å²) in [5.74, 6) is 0.210. The zero-order valence-electron chi connectivity index (χ0n) is 20.2. The average molecular weight is 511 g/mol. The molecule has 0 aliphatic carbocycles. The van der Waals surface area contributed by atoms with Crippen molar-refractivity contribution in [3.05, 3.63) is 87.9 Å². The van der Waals surface area contributed by atoms with Crippen LogP contribution in [0.2, 0.25) is 0 Å². The Morgan fingerprint density at radius 1 is 1.03 bits per heavy atom. The van der Waals surface area contributed by atoms with Crippen LogP contribution in [0.4, 0.5) is 5.69 Å². The minimum absolute atomic E-state index is 0.0551. The van der Waals surface area contributed by atoms with Crippen LogP contribution in [-0.4, -0.2) is 47.2 Å². The Morgan fingerprint density at radius 3 is 2.65 bits per heavy atom. The molecule has 37 heavy (non-hydrogen) atoms. The average Bonchev–Trinajstić information content (AvgIpc) is 3.70. The maximum absolute atomic E-state index is 13.0. The van der Waals surface area contributed by atoms with Gasteiger partial charge in [0.15, 0.2) is 6.17 Å². The lowest BCUT2D eigenvalue weighted by Gasteiger charge is -2.31. The number of nitrogens with one attached hydrogen (secondary N) is 1. The second kappa shape index (κ2) is 10.2. The lowest BCUT2D eigenvalue weighted by molar-refractivity contribution is -0.132. The molecule has 1 N–H and O–H groups in total. The quantitative estimate of drug-likeness (QED) is 0.487. The molecule has 2 aromatic carbocycles. The normalized spacial score (nSPS) is 20.6. The van der Waals surface area contributed by atoms with Crippen LogP contribution in [-0.2, 0) is 4.79 Å². The van der Waals surface area contributed by atoms with Gasteiger partial charge in [-0.3, -0.25) is 14.6 Å². The van der Waals surface area contributed by atoms with E-state index >= 15 is 0 Å². The van der Waals surface area contributed by atoms with Gasteiger partial charge in [-0.05, 0) is 30.5 Å². The van der Waals surface area contributed by atoms with Crippen molar-refractivity contribution in [3.63, 3.8) is 0 Å². The third-order valence-electron chi connectivity index (χ3n) is 7.03. The summed E-state index contributed by atoms with van der Waals surface area (Å²) in [5, 5.41) is 14.0. The Labute approximate surface area is 218 Å². The second-order valence-electron chi connectivity index (χ2n) is 9.43. The van der Waals surface area contributed by atoms with Crippen LogP contribution in [0.25, 0.3) is 5.70 Å². The highest BCUT2D eigenvalue weighted by Crippen LogP contribution is 2.35. The van der Waals surface area contributed by atoms with Crippen molar-refractivity contribution in [2.24, 2.45) is 15.2 Å². The molecule has 4 heterocycles. The Bertz CT molecular complexity index is 1400. The molecule has 1 aromatic heterocycles. The number of carbonyl (C=O) groups excluding carboxylic acids is 2. The number of hydrogen-bond donors (Lipinski definition) is 1. The first-order valence-corrected chi connectivity index (χ1v) is 13.4. The predicted octanol–water partition coefficient (Wildman–Crippen LogP) is 5.30. The van der Waals surface area contributed by atoms with E-state index in [9.17, 15) is 9.59 Å². The number of aliphatic imine (C=N–C) groups is 1. The van der Waals surface area contributed by atoms with Gasteiger partial charge in [0.25, 0.3) is 5.91 Å². The van der Waals surface area contributed by atoms with Crippen molar-refractivity contribution < 1.29 is 9.59 Å². The number of likely N-dealkylation sites (tertiary alicyclic amines) is 1. The highest BCUT2D eigenvalue weighted by Gasteiger charge is 2.29. The van der Waals surface area contributed by atoms with Gasteiger partial charge >= 0.3 is 0 Å². The largest absolute Gasteiger partial charge is 0.343 e. The van der Waals surface area contributed by atoms with Crippen LogP contribution in [0.15, 0.2) is 81.3 Å². The summed E-state index contributed by atoms with van der Waals surface area (Å²) in [7, 11) is 0. The maximum Gasteiger partial charge on any atom is 0.272 e. The number of azo groups is 1. The van der Waals surface area contributed by atoms with Gasteiger partial charge in [0.1, 0.15) is 5.69 Å². The molecule has 1 saturated heterocycles. The fraction of sp³-hybridized carbons (Fsp3) is 0.286. The minimum atomic E-state index is -0.501. The SMILES string of the molecule is O=C(NC1C=C(c2ccccc2)N=N1)c1csc(C2CCN(C(=O)CC3C=Nc4ccccc43)CC2)n1. The van der Waals surface area contributed by atoms with Crippen molar-refractivity contribution in [2.45, 2.75) is 37.3 Å². The highest BCUT2D eigenvalue weighted by molar-refractivity contribution is 7.09. The summed E-state index contributed by atoms with van der Waals surface area (Å²) in [6, 6.07) is 17.8. The molecular weight excluding hydrogens is 484 g/mol. The smallest absolute Gasteiger partial charge is 0.272 e. The molecule has 3 aromatic rings. The Balaban J connectivity index is 1.01. The standard InChI is InChI=1S/C28H26N6O2S/c35-26(14-20-16-29-22-9-5-4-8-21(20)22)34-12-10-19(11-13-34)28-30-24(17-37-28)27(36)31-25-15-23(32-33-25)18-6-2-1-3-7-18/h1-9,15-17,19-20,25H,10-14H2,(H,31,36). The van der Waals surface area contributed by atoms with Gasteiger partial charge in [-0.15, -0.1) is 11.3 Å². The third kappa shape index (κ3) is 4.99.